The summed E-state index contributed by atoms with van der Waals surface area (Å²) in [5.41, 5.74) is 4.72. The average Bonchev–Trinajstić information content (AvgIpc) is 3.46. The second-order valence-electron chi connectivity index (χ2n) is 9.57. The second kappa shape index (κ2) is 9.09. The molecule has 1 aromatic heterocycles. The van der Waals surface area contributed by atoms with E-state index in [4.69, 9.17) is 14.5 Å². The fourth-order valence-corrected chi connectivity index (χ4v) is 5.47. The van der Waals surface area contributed by atoms with Gasteiger partial charge in [0.25, 0.3) is 0 Å². The fraction of sp³-hybridized carbons (Fsp3) is 0.357. The van der Waals surface area contributed by atoms with Crippen LogP contribution >= 0.6 is 0 Å². The smallest absolute Gasteiger partial charge is 0.157 e. The van der Waals surface area contributed by atoms with E-state index in [-0.39, 0.29) is 5.82 Å². The van der Waals surface area contributed by atoms with Crippen molar-refractivity contribution in [1.82, 2.24) is 14.6 Å². The first-order chi connectivity index (χ1) is 17.6. The molecule has 4 heterocycles. The van der Waals surface area contributed by atoms with Gasteiger partial charge >= 0.3 is 0 Å². The van der Waals surface area contributed by atoms with E-state index in [0.29, 0.717) is 13.2 Å². The molecule has 2 saturated heterocycles. The van der Waals surface area contributed by atoms with Crippen molar-refractivity contribution >= 4 is 17.6 Å². The number of ether oxygens (including phenoxy) is 2. The number of benzene rings is 2. The molecule has 7 nitrogen and oxygen atoms in total. The maximum absolute atomic E-state index is 13.7. The predicted molar refractivity (Wildman–Crippen MR) is 138 cm³/mol. The third kappa shape index (κ3) is 3.95. The zero-order valence-corrected chi connectivity index (χ0v) is 20.7. The molecule has 0 saturated carbocycles. The van der Waals surface area contributed by atoms with E-state index in [9.17, 15) is 4.39 Å². The summed E-state index contributed by atoms with van der Waals surface area (Å²) >= 11 is 0. The van der Waals surface area contributed by atoms with Crippen LogP contribution in [0.1, 0.15) is 36.9 Å². The Hall–Kier alpha value is -3.65. The zero-order chi connectivity index (χ0) is 24.7. The monoisotopic (exact) mass is 487 g/mol. The molecular weight excluding hydrogens is 457 g/mol. The standard InChI is InChI=1S/C28H30FN5O2/c1-20-18-32(19-30-20)25-10-5-21(17-26(25)35-2)16-22-4-3-13-33-27(22)31-28(11-14-36-15-12-28)34(33)24-8-6-23(29)7-9-24/h5-10,16-19H,3-4,11-15H2,1-2H3/b22-16+. The van der Waals surface area contributed by atoms with Crippen LogP contribution in [0.15, 0.2) is 65.6 Å². The van der Waals surface area contributed by atoms with Crippen LogP contribution in [0, 0.1) is 12.7 Å². The first-order valence-electron chi connectivity index (χ1n) is 12.5. The molecular formula is C28H30FN5O2. The normalized spacial score (nSPS) is 20.1. The molecule has 0 aliphatic carbocycles. The molecule has 3 aromatic rings. The van der Waals surface area contributed by atoms with E-state index in [1.54, 1.807) is 13.4 Å². The number of hydrazine groups is 1. The number of aromatic nitrogens is 2. The number of anilines is 1. The minimum Gasteiger partial charge on any atom is -0.495 e. The highest BCUT2D eigenvalue weighted by molar-refractivity contribution is 6.05. The van der Waals surface area contributed by atoms with Gasteiger partial charge in [-0.1, -0.05) is 6.07 Å². The van der Waals surface area contributed by atoms with Crippen LogP contribution in [-0.2, 0) is 4.74 Å². The maximum Gasteiger partial charge on any atom is 0.157 e. The van der Waals surface area contributed by atoms with Gasteiger partial charge in [0.05, 0.1) is 43.7 Å². The van der Waals surface area contributed by atoms with Crippen molar-refractivity contribution in [2.24, 2.45) is 4.99 Å². The Kier molecular flexibility index (Phi) is 5.76. The van der Waals surface area contributed by atoms with Crippen molar-refractivity contribution in [3.05, 3.63) is 77.6 Å². The molecule has 3 aliphatic heterocycles. The molecule has 8 heteroatoms. The lowest BCUT2D eigenvalue weighted by molar-refractivity contribution is 0.0460. The van der Waals surface area contributed by atoms with Crippen LogP contribution in [0.2, 0.25) is 0 Å². The lowest BCUT2D eigenvalue weighted by atomic mass is 9.99. The summed E-state index contributed by atoms with van der Waals surface area (Å²) in [4.78, 5) is 9.69. The van der Waals surface area contributed by atoms with Gasteiger partial charge in [-0.15, -0.1) is 0 Å². The van der Waals surface area contributed by atoms with Crippen LogP contribution in [0.5, 0.6) is 5.75 Å². The summed E-state index contributed by atoms with van der Waals surface area (Å²) in [6.07, 6.45) is 9.56. The third-order valence-corrected chi connectivity index (χ3v) is 7.20. The highest BCUT2D eigenvalue weighted by Gasteiger charge is 2.49. The predicted octanol–water partition coefficient (Wildman–Crippen LogP) is 5.15. The first kappa shape index (κ1) is 22.8. The van der Waals surface area contributed by atoms with E-state index < -0.39 is 5.66 Å². The third-order valence-electron chi connectivity index (χ3n) is 7.20. The Morgan fingerprint density at radius 2 is 1.92 bits per heavy atom. The Morgan fingerprint density at radius 1 is 1.11 bits per heavy atom. The number of hydrogen-bond acceptors (Lipinski definition) is 6. The van der Waals surface area contributed by atoms with Gasteiger partial charge in [-0.3, -0.25) is 10.0 Å². The summed E-state index contributed by atoms with van der Waals surface area (Å²) in [5, 5.41) is 4.57. The molecule has 2 fully saturated rings. The Morgan fingerprint density at radius 3 is 2.64 bits per heavy atom. The minimum atomic E-state index is -0.407. The molecule has 1 spiro atoms. The maximum atomic E-state index is 13.7. The minimum absolute atomic E-state index is 0.234. The number of aliphatic imine (C=N–C) groups is 1. The molecule has 0 N–H and O–H groups in total. The number of amidine groups is 1. The van der Waals surface area contributed by atoms with E-state index in [1.165, 1.54) is 17.7 Å². The number of methoxy groups -OCH3 is 1. The van der Waals surface area contributed by atoms with E-state index in [2.05, 4.69) is 39.3 Å². The number of piperidine rings is 1. The Bertz CT molecular complexity index is 1320. The number of aryl methyl sites for hydroxylation is 1. The van der Waals surface area contributed by atoms with Crippen molar-refractivity contribution < 1.29 is 13.9 Å². The van der Waals surface area contributed by atoms with E-state index in [0.717, 1.165) is 66.4 Å². The number of halogens is 1. The highest BCUT2D eigenvalue weighted by atomic mass is 19.1. The van der Waals surface area contributed by atoms with Gasteiger partial charge in [0.2, 0.25) is 0 Å². The van der Waals surface area contributed by atoms with Crippen molar-refractivity contribution in [2.75, 3.05) is 31.9 Å². The van der Waals surface area contributed by atoms with Crippen molar-refractivity contribution in [2.45, 2.75) is 38.3 Å². The van der Waals surface area contributed by atoms with Crippen LogP contribution in [0.25, 0.3) is 11.8 Å². The van der Waals surface area contributed by atoms with E-state index >= 15 is 0 Å². The average molecular weight is 488 g/mol. The summed E-state index contributed by atoms with van der Waals surface area (Å²) in [7, 11) is 1.69. The summed E-state index contributed by atoms with van der Waals surface area (Å²) in [6, 6.07) is 13.0. The second-order valence-corrected chi connectivity index (χ2v) is 9.57. The van der Waals surface area contributed by atoms with Crippen molar-refractivity contribution in [1.29, 1.82) is 0 Å². The van der Waals surface area contributed by atoms with Crippen LogP contribution in [-0.4, -0.2) is 52.9 Å². The highest BCUT2D eigenvalue weighted by Crippen LogP contribution is 2.43. The lowest BCUT2D eigenvalue weighted by Crippen LogP contribution is -2.56. The number of nitrogens with zero attached hydrogens (tertiary/aromatic N) is 5. The molecule has 0 radical (unpaired) electrons. The van der Waals surface area contributed by atoms with Crippen LogP contribution in [0.3, 0.4) is 0 Å². The van der Waals surface area contributed by atoms with Gasteiger partial charge in [0.15, 0.2) is 5.66 Å². The molecule has 3 aliphatic rings. The molecule has 6 rings (SSSR count). The van der Waals surface area contributed by atoms with Crippen LogP contribution in [0.4, 0.5) is 10.1 Å². The molecule has 0 atom stereocenters. The molecule has 0 bridgehead atoms. The zero-order valence-electron chi connectivity index (χ0n) is 20.7. The SMILES string of the molecule is COc1cc(/C=C2\CCCN3C2=NC2(CCOCC2)N3c2ccc(F)cc2)ccc1-n1cnc(C)c1. The Balaban J connectivity index is 1.38. The molecule has 186 valence electrons. The molecule has 0 amide bonds. The number of imidazole rings is 1. The van der Waals surface area contributed by atoms with Gasteiger partial charge in [-0.05, 0) is 73.4 Å². The number of rotatable bonds is 4. The van der Waals surface area contributed by atoms with Crippen molar-refractivity contribution in [3.63, 3.8) is 0 Å². The molecule has 2 aromatic carbocycles. The lowest BCUT2D eigenvalue weighted by Gasteiger charge is -2.45. The topological polar surface area (TPSA) is 55.1 Å². The quantitative estimate of drug-likeness (QED) is 0.510. The molecule has 36 heavy (non-hydrogen) atoms. The van der Waals surface area contributed by atoms with Crippen molar-refractivity contribution in [3.8, 4) is 11.4 Å². The number of hydrogen-bond donors (Lipinski definition) is 0. The summed E-state index contributed by atoms with van der Waals surface area (Å²) < 4.78 is 27.1. The first-order valence-corrected chi connectivity index (χ1v) is 12.5. The Labute approximate surface area is 210 Å². The van der Waals surface area contributed by atoms with Gasteiger partial charge in [0, 0.05) is 25.6 Å². The van der Waals surface area contributed by atoms with E-state index in [1.807, 2.05) is 29.8 Å². The summed E-state index contributed by atoms with van der Waals surface area (Å²) in [5.74, 6) is 1.56. The number of fused-ring (bicyclic) bond motifs is 1. The summed E-state index contributed by atoms with van der Waals surface area (Å²) in [6.45, 7) is 4.17. The van der Waals surface area contributed by atoms with Gasteiger partial charge in [0.1, 0.15) is 17.4 Å². The fourth-order valence-electron chi connectivity index (χ4n) is 5.47. The largest absolute Gasteiger partial charge is 0.495 e. The van der Waals surface area contributed by atoms with Gasteiger partial charge in [-0.2, -0.15) is 0 Å². The van der Waals surface area contributed by atoms with Gasteiger partial charge in [-0.25, -0.2) is 14.4 Å². The van der Waals surface area contributed by atoms with Crippen LogP contribution < -0.4 is 9.75 Å². The molecule has 0 unspecified atom stereocenters. The van der Waals surface area contributed by atoms with Gasteiger partial charge < -0.3 is 14.0 Å².